The Morgan fingerprint density at radius 2 is 2.21 bits per heavy atom. The predicted octanol–water partition coefficient (Wildman–Crippen LogP) is 2.74. The van der Waals surface area contributed by atoms with Gasteiger partial charge in [0.2, 0.25) is 0 Å². The van der Waals surface area contributed by atoms with Gasteiger partial charge < -0.3 is 14.7 Å². The number of hydrogen-bond acceptors (Lipinski definition) is 3. The SMILES string of the molecule is CC(O)c1cccc(F)c1N(C)CCOCC1CC1. The highest BCUT2D eigenvalue weighted by Crippen LogP contribution is 2.29. The molecule has 4 heteroatoms. The molecule has 0 spiro atoms. The number of likely N-dealkylation sites (N-methyl/N-ethyl adjacent to an activating group) is 1. The van der Waals surface area contributed by atoms with Gasteiger partial charge in [-0.2, -0.15) is 0 Å². The fraction of sp³-hybridized carbons (Fsp3) is 0.600. The Morgan fingerprint density at radius 1 is 1.47 bits per heavy atom. The van der Waals surface area contributed by atoms with Crippen molar-refractivity contribution in [2.24, 2.45) is 5.92 Å². The summed E-state index contributed by atoms with van der Waals surface area (Å²) in [5.41, 5.74) is 1.08. The van der Waals surface area contributed by atoms with Crippen LogP contribution >= 0.6 is 0 Å². The normalized spacial score (nSPS) is 16.4. The number of rotatable bonds is 7. The lowest BCUT2D eigenvalue weighted by molar-refractivity contribution is 0.130. The average molecular weight is 267 g/mol. The van der Waals surface area contributed by atoms with Gasteiger partial charge in [-0.1, -0.05) is 12.1 Å². The third-order valence-corrected chi connectivity index (χ3v) is 3.47. The van der Waals surface area contributed by atoms with Gasteiger partial charge in [0.25, 0.3) is 0 Å². The van der Waals surface area contributed by atoms with Gasteiger partial charge in [-0.3, -0.25) is 0 Å². The van der Waals surface area contributed by atoms with Crippen molar-refractivity contribution in [2.75, 3.05) is 31.7 Å². The lowest BCUT2D eigenvalue weighted by Gasteiger charge is -2.24. The molecule has 0 saturated heterocycles. The molecule has 3 nitrogen and oxygen atoms in total. The van der Waals surface area contributed by atoms with Crippen LogP contribution in [0.1, 0.15) is 31.4 Å². The highest BCUT2D eigenvalue weighted by molar-refractivity contribution is 5.55. The molecule has 1 aliphatic carbocycles. The van der Waals surface area contributed by atoms with Crippen LogP contribution in [0.2, 0.25) is 0 Å². The molecule has 1 aromatic carbocycles. The van der Waals surface area contributed by atoms with Crippen LogP contribution in [0.15, 0.2) is 18.2 Å². The molecule has 106 valence electrons. The maximum atomic E-state index is 13.9. The largest absolute Gasteiger partial charge is 0.389 e. The molecule has 1 aliphatic rings. The summed E-state index contributed by atoms with van der Waals surface area (Å²) in [6, 6.07) is 4.80. The number of hydrogen-bond donors (Lipinski definition) is 1. The Morgan fingerprint density at radius 3 is 2.84 bits per heavy atom. The van der Waals surface area contributed by atoms with E-state index in [-0.39, 0.29) is 5.82 Å². The fourth-order valence-electron chi connectivity index (χ4n) is 2.12. The van der Waals surface area contributed by atoms with E-state index in [0.717, 1.165) is 12.5 Å². The molecule has 0 aliphatic heterocycles. The number of aliphatic hydroxyl groups excluding tert-OH is 1. The molecule has 1 aromatic rings. The summed E-state index contributed by atoms with van der Waals surface area (Å²) in [6.45, 7) is 3.66. The van der Waals surface area contributed by atoms with Gasteiger partial charge in [-0.15, -0.1) is 0 Å². The summed E-state index contributed by atoms with van der Waals surface area (Å²) >= 11 is 0. The summed E-state index contributed by atoms with van der Waals surface area (Å²) in [5, 5.41) is 9.71. The van der Waals surface area contributed by atoms with Crippen LogP contribution in [0, 0.1) is 11.7 Å². The Hall–Kier alpha value is -1.13. The van der Waals surface area contributed by atoms with Crippen molar-refractivity contribution in [3.05, 3.63) is 29.6 Å². The minimum absolute atomic E-state index is 0.303. The molecule has 1 atom stereocenters. The van der Waals surface area contributed by atoms with Crippen LogP contribution in [-0.4, -0.2) is 31.9 Å². The first-order valence-corrected chi connectivity index (χ1v) is 6.85. The number of para-hydroxylation sites is 1. The highest BCUT2D eigenvalue weighted by atomic mass is 19.1. The van der Waals surface area contributed by atoms with Crippen LogP contribution in [0.5, 0.6) is 0 Å². The van der Waals surface area contributed by atoms with Crippen molar-refractivity contribution in [3.8, 4) is 0 Å². The number of aliphatic hydroxyl groups is 1. The average Bonchev–Trinajstić information content (AvgIpc) is 3.18. The summed E-state index contributed by atoms with van der Waals surface area (Å²) in [7, 11) is 1.82. The maximum absolute atomic E-state index is 13.9. The molecule has 1 saturated carbocycles. The molecule has 19 heavy (non-hydrogen) atoms. The second-order valence-electron chi connectivity index (χ2n) is 5.29. The molecule has 1 N–H and O–H groups in total. The van der Waals surface area contributed by atoms with E-state index in [2.05, 4.69) is 0 Å². The van der Waals surface area contributed by atoms with Crippen molar-refractivity contribution in [1.29, 1.82) is 0 Å². The van der Waals surface area contributed by atoms with Crippen LogP contribution in [0.25, 0.3) is 0 Å². The quantitative estimate of drug-likeness (QED) is 0.771. The minimum atomic E-state index is -0.680. The Balaban J connectivity index is 1.94. The Labute approximate surface area is 114 Å². The van der Waals surface area contributed by atoms with E-state index in [9.17, 15) is 9.50 Å². The third-order valence-electron chi connectivity index (χ3n) is 3.47. The second-order valence-corrected chi connectivity index (χ2v) is 5.29. The Kier molecular flexibility index (Phi) is 4.77. The van der Waals surface area contributed by atoms with Crippen LogP contribution in [-0.2, 0) is 4.74 Å². The smallest absolute Gasteiger partial charge is 0.146 e. The van der Waals surface area contributed by atoms with E-state index < -0.39 is 6.10 Å². The van der Waals surface area contributed by atoms with Gasteiger partial charge in [0, 0.05) is 25.8 Å². The first-order valence-electron chi connectivity index (χ1n) is 6.85. The summed E-state index contributed by atoms with van der Waals surface area (Å²) in [5.74, 6) is 0.440. The molecule has 0 heterocycles. The first-order chi connectivity index (χ1) is 9.09. The van der Waals surface area contributed by atoms with Gasteiger partial charge in [-0.25, -0.2) is 4.39 Å². The molecule has 0 amide bonds. The summed E-state index contributed by atoms with van der Waals surface area (Å²) < 4.78 is 19.5. The van der Waals surface area contributed by atoms with E-state index >= 15 is 0 Å². The van der Waals surface area contributed by atoms with E-state index in [1.807, 2.05) is 11.9 Å². The van der Waals surface area contributed by atoms with Gasteiger partial charge in [0.05, 0.1) is 18.4 Å². The molecular weight excluding hydrogens is 245 g/mol. The molecule has 2 rings (SSSR count). The van der Waals surface area contributed by atoms with Crippen LogP contribution < -0.4 is 4.90 Å². The van der Waals surface area contributed by atoms with Crippen molar-refractivity contribution < 1.29 is 14.2 Å². The maximum Gasteiger partial charge on any atom is 0.146 e. The molecule has 0 radical (unpaired) electrons. The number of anilines is 1. The second kappa shape index (κ2) is 6.35. The van der Waals surface area contributed by atoms with Crippen molar-refractivity contribution in [3.63, 3.8) is 0 Å². The molecule has 1 fully saturated rings. The van der Waals surface area contributed by atoms with E-state index in [1.54, 1.807) is 19.1 Å². The highest BCUT2D eigenvalue weighted by Gasteiger charge is 2.21. The summed E-state index contributed by atoms with van der Waals surface area (Å²) in [4.78, 5) is 1.81. The third kappa shape index (κ3) is 3.91. The van der Waals surface area contributed by atoms with E-state index in [4.69, 9.17) is 4.74 Å². The molecular formula is C15H22FNO2. The number of nitrogens with zero attached hydrogens (tertiary/aromatic N) is 1. The van der Waals surface area contributed by atoms with Crippen LogP contribution in [0.3, 0.4) is 0 Å². The number of halogens is 1. The monoisotopic (exact) mass is 267 g/mol. The lowest BCUT2D eigenvalue weighted by Crippen LogP contribution is -2.25. The number of ether oxygens (including phenoxy) is 1. The standard InChI is InChI=1S/C15H22FNO2/c1-11(18)13-4-3-5-14(16)15(13)17(2)8-9-19-10-12-6-7-12/h3-5,11-12,18H,6-10H2,1-2H3. The van der Waals surface area contributed by atoms with Crippen molar-refractivity contribution in [2.45, 2.75) is 25.9 Å². The lowest BCUT2D eigenvalue weighted by atomic mass is 10.1. The zero-order chi connectivity index (χ0) is 13.8. The Bertz CT molecular complexity index is 419. The predicted molar refractivity (Wildman–Crippen MR) is 73.8 cm³/mol. The fourth-order valence-corrected chi connectivity index (χ4v) is 2.12. The molecule has 0 bridgehead atoms. The molecule has 0 aromatic heterocycles. The van der Waals surface area contributed by atoms with Crippen LogP contribution in [0.4, 0.5) is 10.1 Å². The van der Waals surface area contributed by atoms with Crippen molar-refractivity contribution >= 4 is 5.69 Å². The van der Waals surface area contributed by atoms with Gasteiger partial charge in [-0.05, 0) is 31.7 Å². The van der Waals surface area contributed by atoms with Gasteiger partial charge in [0.15, 0.2) is 0 Å². The van der Waals surface area contributed by atoms with E-state index in [1.165, 1.54) is 18.9 Å². The number of benzene rings is 1. The first kappa shape index (κ1) is 14.3. The zero-order valence-corrected chi connectivity index (χ0v) is 11.6. The van der Waals surface area contributed by atoms with Crippen molar-refractivity contribution in [1.82, 2.24) is 0 Å². The van der Waals surface area contributed by atoms with Gasteiger partial charge in [0.1, 0.15) is 5.82 Å². The topological polar surface area (TPSA) is 32.7 Å². The summed E-state index contributed by atoms with van der Waals surface area (Å²) in [6.07, 6.45) is 1.87. The van der Waals surface area contributed by atoms with Gasteiger partial charge >= 0.3 is 0 Å². The molecule has 1 unspecified atom stereocenters. The van der Waals surface area contributed by atoms with E-state index in [0.29, 0.717) is 24.4 Å². The zero-order valence-electron chi connectivity index (χ0n) is 11.6. The minimum Gasteiger partial charge on any atom is -0.389 e.